The number of rotatable bonds is 3. The van der Waals surface area contributed by atoms with Crippen molar-refractivity contribution in [3.05, 3.63) is 40.3 Å². The molecule has 0 saturated carbocycles. The van der Waals surface area contributed by atoms with Crippen molar-refractivity contribution in [2.45, 2.75) is 26.2 Å². The van der Waals surface area contributed by atoms with Gasteiger partial charge in [-0.1, -0.05) is 0 Å². The molecule has 2 aromatic rings. The number of hydrogen-bond donors (Lipinski definition) is 0. The highest BCUT2D eigenvalue weighted by Crippen LogP contribution is 2.22. The molecule has 1 amide bonds. The Morgan fingerprint density at radius 2 is 1.68 bits per heavy atom. The lowest BCUT2D eigenvalue weighted by molar-refractivity contribution is 0.0746. The number of halogens is 1. The minimum Gasteiger partial charge on any atom is -0.353 e. The number of aromatic nitrogens is 3. The Balaban J connectivity index is 1.43. The van der Waals surface area contributed by atoms with Gasteiger partial charge in [-0.25, -0.2) is 4.98 Å². The first-order chi connectivity index (χ1) is 13.6. The van der Waals surface area contributed by atoms with Gasteiger partial charge in [0.15, 0.2) is 0 Å². The summed E-state index contributed by atoms with van der Waals surface area (Å²) in [6, 6.07) is 3.86. The predicted octanol–water partition coefficient (Wildman–Crippen LogP) is 2.90. The van der Waals surface area contributed by atoms with Crippen LogP contribution in [0.4, 0.5) is 11.8 Å². The number of carbonyl (C=O) groups excluding carboxylic acids is 1. The molecule has 0 unspecified atom stereocenters. The SMILES string of the molecule is Cc1cc(N2CCN(C(=O)c3cncc(Br)c3)CC2)nc(N2CCCCC2)n1. The normalized spacial score (nSPS) is 17.7. The van der Waals surface area contributed by atoms with Gasteiger partial charge in [0.2, 0.25) is 5.95 Å². The van der Waals surface area contributed by atoms with Crippen LogP contribution in [0.2, 0.25) is 0 Å². The molecule has 7 nitrogen and oxygen atoms in total. The van der Waals surface area contributed by atoms with Crippen molar-refractivity contribution in [3.8, 4) is 0 Å². The summed E-state index contributed by atoms with van der Waals surface area (Å²) < 4.78 is 0.818. The molecule has 0 spiro atoms. The Hall–Kier alpha value is -2.22. The zero-order valence-electron chi connectivity index (χ0n) is 16.1. The van der Waals surface area contributed by atoms with Crippen molar-refractivity contribution < 1.29 is 4.79 Å². The second-order valence-electron chi connectivity index (χ2n) is 7.39. The first-order valence-corrected chi connectivity index (χ1v) is 10.6. The monoisotopic (exact) mass is 444 g/mol. The minimum atomic E-state index is 0.0290. The Kier molecular flexibility index (Phi) is 5.75. The maximum atomic E-state index is 12.7. The molecule has 0 bridgehead atoms. The predicted molar refractivity (Wildman–Crippen MR) is 113 cm³/mol. The van der Waals surface area contributed by atoms with Crippen LogP contribution >= 0.6 is 15.9 Å². The van der Waals surface area contributed by atoms with E-state index < -0.39 is 0 Å². The van der Waals surface area contributed by atoms with Crippen LogP contribution in [0.15, 0.2) is 29.0 Å². The number of aryl methyl sites for hydroxylation is 1. The lowest BCUT2D eigenvalue weighted by Gasteiger charge is -2.36. The maximum Gasteiger partial charge on any atom is 0.255 e. The molecule has 2 fully saturated rings. The summed E-state index contributed by atoms with van der Waals surface area (Å²) in [7, 11) is 0. The van der Waals surface area contributed by atoms with Gasteiger partial charge in [-0.05, 0) is 48.2 Å². The second-order valence-corrected chi connectivity index (χ2v) is 8.30. The number of carbonyl (C=O) groups is 1. The van der Waals surface area contributed by atoms with E-state index in [0.717, 1.165) is 48.1 Å². The summed E-state index contributed by atoms with van der Waals surface area (Å²) in [5.41, 5.74) is 1.61. The minimum absolute atomic E-state index is 0.0290. The van der Waals surface area contributed by atoms with Crippen molar-refractivity contribution in [2.75, 3.05) is 49.1 Å². The third kappa shape index (κ3) is 4.27. The molecular formula is C20H25BrN6O. The third-order valence-corrected chi connectivity index (χ3v) is 5.74. The van der Waals surface area contributed by atoms with Gasteiger partial charge in [0.25, 0.3) is 5.91 Å². The van der Waals surface area contributed by atoms with E-state index in [9.17, 15) is 4.79 Å². The molecule has 0 atom stereocenters. The van der Waals surface area contributed by atoms with E-state index in [1.807, 2.05) is 24.0 Å². The Labute approximate surface area is 173 Å². The first kappa shape index (κ1) is 19.1. The summed E-state index contributed by atoms with van der Waals surface area (Å²) in [4.78, 5) is 32.8. The molecule has 2 aromatic heterocycles. The first-order valence-electron chi connectivity index (χ1n) is 9.85. The molecular weight excluding hydrogens is 420 g/mol. The number of piperazine rings is 1. The number of amides is 1. The van der Waals surface area contributed by atoms with Crippen LogP contribution in [-0.2, 0) is 0 Å². The molecule has 8 heteroatoms. The molecule has 0 aromatic carbocycles. The molecule has 148 valence electrons. The Bertz CT molecular complexity index is 846. The van der Waals surface area contributed by atoms with Crippen molar-refractivity contribution in [2.24, 2.45) is 0 Å². The Morgan fingerprint density at radius 3 is 2.39 bits per heavy atom. The third-order valence-electron chi connectivity index (χ3n) is 5.31. The van der Waals surface area contributed by atoms with Crippen LogP contribution in [0, 0.1) is 6.92 Å². The lowest BCUT2D eigenvalue weighted by Crippen LogP contribution is -2.49. The molecule has 4 heterocycles. The average molecular weight is 445 g/mol. The second kappa shape index (κ2) is 8.43. The quantitative estimate of drug-likeness (QED) is 0.724. The summed E-state index contributed by atoms with van der Waals surface area (Å²) in [5.74, 6) is 1.83. The molecule has 4 rings (SSSR count). The van der Waals surface area contributed by atoms with E-state index in [2.05, 4.69) is 35.7 Å². The largest absolute Gasteiger partial charge is 0.353 e. The van der Waals surface area contributed by atoms with E-state index >= 15 is 0 Å². The van der Waals surface area contributed by atoms with Crippen LogP contribution in [0.1, 0.15) is 35.3 Å². The molecule has 0 aliphatic carbocycles. The van der Waals surface area contributed by atoms with Gasteiger partial charge in [-0.15, -0.1) is 0 Å². The fourth-order valence-electron chi connectivity index (χ4n) is 3.78. The van der Waals surface area contributed by atoms with Gasteiger partial charge in [-0.2, -0.15) is 4.98 Å². The van der Waals surface area contributed by atoms with E-state index in [1.54, 1.807) is 12.4 Å². The van der Waals surface area contributed by atoms with Gasteiger partial charge in [0.1, 0.15) is 5.82 Å². The molecule has 2 aliphatic heterocycles. The highest BCUT2D eigenvalue weighted by atomic mass is 79.9. The van der Waals surface area contributed by atoms with Crippen molar-refractivity contribution in [3.63, 3.8) is 0 Å². The summed E-state index contributed by atoms with van der Waals surface area (Å²) in [5, 5.41) is 0. The fraction of sp³-hybridized carbons (Fsp3) is 0.500. The number of hydrogen-bond acceptors (Lipinski definition) is 6. The van der Waals surface area contributed by atoms with Crippen LogP contribution in [0.5, 0.6) is 0 Å². The molecule has 2 saturated heterocycles. The standard InChI is InChI=1S/C20H25BrN6O/c1-15-11-18(24-20(23-15)27-5-3-2-4-6-27)25-7-9-26(10-8-25)19(28)16-12-17(21)14-22-13-16/h11-14H,2-10H2,1H3. The average Bonchev–Trinajstić information content (AvgIpc) is 2.73. The number of pyridine rings is 1. The molecule has 2 aliphatic rings. The van der Waals surface area contributed by atoms with Crippen molar-refractivity contribution in [1.82, 2.24) is 19.9 Å². The number of nitrogens with zero attached hydrogens (tertiary/aromatic N) is 6. The van der Waals surface area contributed by atoms with Crippen LogP contribution in [0.3, 0.4) is 0 Å². The number of piperidine rings is 1. The van der Waals surface area contributed by atoms with Crippen molar-refractivity contribution in [1.29, 1.82) is 0 Å². The van der Waals surface area contributed by atoms with Gasteiger partial charge in [0.05, 0.1) is 5.56 Å². The van der Waals surface area contributed by atoms with E-state index in [-0.39, 0.29) is 5.91 Å². The van der Waals surface area contributed by atoms with Gasteiger partial charge >= 0.3 is 0 Å². The lowest BCUT2D eigenvalue weighted by atomic mass is 10.1. The van der Waals surface area contributed by atoms with Gasteiger partial charge < -0.3 is 14.7 Å². The maximum absolute atomic E-state index is 12.7. The van der Waals surface area contributed by atoms with Crippen LogP contribution in [-0.4, -0.2) is 65.0 Å². The van der Waals surface area contributed by atoms with Gasteiger partial charge in [0, 0.05) is 67.9 Å². The highest BCUT2D eigenvalue weighted by Gasteiger charge is 2.24. The Morgan fingerprint density at radius 1 is 0.929 bits per heavy atom. The van der Waals surface area contributed by atoms with Crippen LogP contribution < -0.4 is 9.80 Å². The highest BCUT2D eigenvalue weighted by molar-refractivity contribution is 9.10. The number of anilines is 2. The zero-order chi connectivity index (χ0) is 19.5. The summed E-state index contributed by atoms with van der Waals surface area (Å²) in [6.45, 7) is 6.98. The van der Waals surface area contributed by atoms with Gasteiger partial charge in [-0.3, -0.25) is 9.78 Å². The summed E-state index contributed by atoms with van der Waals surface area (Å²) in [6.07, 6.45) is 7.01. The molecule has 0 N–H and O–H groups in total. The van der Waals surface area contributed by atoms with E-state index in [1.165, 1.54) is 19.3 Å². The summed E-state index contributed by atoms with van der Waals surface area (Å²) >= 11 is 3.38. The van der Waals surface area contributed by atoms with E-state index in [4.69, 9.17) is 4.98 Å². The molecule has 0 radical (unpaired) electrons. The van der Waals surface area contributed by atoms with Crippen LogP contribution in [0.25, 0.3) is 0 Å². The van der Waals surface area contributed by atoms with Crippen molar-refractivity contribution >= 4 is 33.6 Å². The molecule has 28 heavy (non-hydrogen) atoms. The fourth-order valence-corrected chi connectivity index (χ4v) is 4.15. The topological polar surface area (TPSA) is 65.5 Å². The van der Waals surface area contributed by atoms with E-state index in [0.29, 0.717) is 18.7 Å². The smallest absolute Gasteiger partial charge is 0.255 e. The zero-order valence-corrected chi connectivity index (χ0v) is 17.7.